The molecule has 0 atom stereocenters. The second-order valence-electron chi connectivity index (χ2n) is 5.15. The van der Waals surface area contributed by atoms with Crippen LogP contribution in [0.3, 0.4) is 0 Å². The number of ether oxygens (including phenoxy) is 1. The Balaban J connectivity index is 2.27. The summed E-state index contributed by atoms with van der Waals surface area (Å²) >= 11 is 11.8. The maximum Gasteiger partial charge on any atom is 0.261 e. The van der Waals surface area contributed by atoms with E-state index in [9.17, 15) is 9.59 Å². The van der Waals surface area contributed by atoms with E-state index in [1.807, 2.05) is 0 Å². The summed E-state index contributed by atoms with van der Waals surface area (Å²) in [6.45, 7) is 0. The van der Waals surface area contributed by atoms with Crippen molar-refractivity contribution in [1.82, 2.24) is 5.43 Å². The van der Waals surface area contributed by atoms with Crippen LogP contribution in [0.2, 0.25) is 10.0 Å². The number of carbonyl (C=O) groups excluding carboxylic acids is 2. The van der Waals surface area contributed by atoms with Crippen molar-refractivity contribution in [2.24, 2.45) is 5.84 Å². The van der Waals surface area contributed by atoms with Crippen LogP contribution < -0.4 is 16.0 Å². The molecule has 0 aromatic heterocycles. The summed E-state index contributed by atoms with van der Waals surface area (Å²) < 4.78 is 5.09. The Morgan fingerprint density at radius 3 is 2.36 bits per heavy atom. The molecule has 2 aromatic rings. The van der Waals surface area contributed by atoms with Crippen molar-refractivity contribution < 1.29 is 14.3 Å². The van der Waals surface area contributed by atoms with Crippen LogP contribution in [-0.4, -0.2) is 18.8 Å². The normalized spacial score (nSPS) is 11.1. The Morgan fingerprint density at radius 1 is 1.12 bits per heavy atom. The van der Waals surface area contributed by atoms with Crippen LogP contribution in [-0.2, 0) is 4.79 Å². The van der Waals surface area contributed by atoms with Gasteiger partial charge in [-0.15, -0.1) is 0 Å². The molecule has 0 aliphatic carbocycles. The fraction of sp³-hybridized carbons (Fsp3) is 0.111. The number of carbonyl (C=O) groups is 2. The molecule has 5 nitrogen and oxygen atoms in total. The molecule has 7 heteroatoms. The molecule has 2 aromatic carbocycles. The zero-order chi connectivity index (χ0) is 18.4. The van der Waals surface area contributed by atoms with E-state index in [0.29, 0.717) is 16.3 Å². The third-order valence-corrected chi connectivity index (χ3v) is 4.21. The van der Waals surface area contributed by atoms with Gasteiger partial charge >= 0.3 is 0 Å². The van der Waals surface area contributed by atoms with Gasteiger partial charge < -0.3 is 4.74 Å². The molecular formula is C18H16Cl2N2O3. The molecule has 0 aliphatic rings. The van der Waals surface area contributed by atoms with Crippen molar-refractivity contribution in [3.8, 4) is 5.75 Å². The van der Waals surface area contributed by atoms with Gasteiger partial charge in [-0.2, -0.15) is 0 Å². The van der Waals surface area contributed by atoms with E-state index in [1.165, 1.54) is 12.1 Å². The Hall–Kier alpha value is -2.34. The van der Waals surface area contributed by atoms with Gasteiger partial charge in [-0.1, -0.05) is 35.3 Å². The van der Waals surface area contributed by atoms with Gasteiger partial charge in [0.2, 0.25) is 0 Å². The van der Waals surface area contributed by atoms with Crippen molar-refractivity contribution in [2.45, 2.75) is 6.42 Å². The number of nitrogens with one attached hydrogen (secondary N) is 1. The number of Topliss-reactive ketones (excluding diaryl/α,β-unsaturated/α-hetero) is 1. The van der Waals surface area contributed by atoms with E-state index in [2.05, 4.69) is 5.43 Å². The molecule has 0 saturated carbocycles. The summed E-state index contributed by atoms with van der Waals surface area (Å²) in [5.41, 5.74) is 3.38. The average Bonchev–Trinajstić information content (AvgIpc) is 2.63. The predicted molar refractivity (Wildman–Crippen MR) is 98.7 cm³/mol. The summed E-state index contributed by atoms with van der Waals surface area (Å²) in [6, 6.07) is 11.6. The molecule has 0 aliphatic heterocycles. The average molecular weight is 379 g/mol. The number of amides is 1. The lowest BCUT2D eigenvalue weighted by atomic mass is 10.0. The molecule has 2 rings (SSSR count). The summed E-state index contributed by atoms with van der Waals surface area (Å²) in [7, 11) is 1.56. The van der Waals surface area contributed by atoms with Crippen LogP contribution in [0.5, 0.6) is 5.75 Å². The lowest BCUT2D eigenvalue weighted by Crippen LogP contribution is -2.32. The number of hydrogen-bond donors (Lipinski definition) is 2. The Labute approximate surface area is 155 Å². The standard InChI is InChI=1S/C18H16Cl2N2O3/c1-25-14-5-2-11(3-6-14)8-13(18(24)22-21)10-17(23)12-4-7-15(19)16(20)9-12/h2-9H,10,21H2,1H3,(H,22,24)/b13-8-. The van der Waals surface area contributed by atoms with Gasteiger partial charge in [-0.25, -0.2) is 5.84 Å². The molecule has 0 heterocycles. The first-order chi connectivity index (χ1) is 11.9. The highest BCUT2D eigenvalue weighted by molar-refractivity contribution is 6.42. The molecule has 0 radical (unpaired) electrons. The van der Waals surface area contributed by atoms with Crippen molar-refractivity contribution in [3.05, 3.63) is 69.2 Å². The van der Waals surface area contributed by atoms with Crippen LogP contribution >= 0.6 is 23.2 Å². The minimum atomic E-state index is -0.538. The summed E-state index contributed by atoms with van der Waals surface area (Å²) in [5.74, 6) is 5.10. The third-order valence-electron chi connectivity index (χ3n) is 3.47. The van der Waals surface area contributed by atoms with Gasteiger partial charge in [0.1, 0.15) is 5.75 Å². The van der Waals surface area contributed by atoms with E-state index in [1.54, 1.807) is 43.5 Å². The van der Waals surface area contributed by atoms with Crippen molar-refractivity contribution in [1.29, 1.82) is 0 Å². The zero-order valence-electron chi connectivity index (χ0n) is 13.4. The quantitative estimate of drug-likeness (QED) is 0.264. The fourth-order valence-electron chi connectivity index (χ4n) is 2.14. The topological polar surface area (TPSA) is 81.4 Å². The highest BCUT2D eigenvalue weighted by Gasteiger charge is 2.16. The predicted octanol–water partition coefficient (Wildman–Crippen LogP) is 3.65. The lowest BCUT2D eigenvalue weighted by Gasteiger charge is -2.07. The number of halogens is 2. The van der Waals surface area contributed by atoms with E-state index in [-0.39, 0.29) is 22.8 Å². The van der Waals surface area contributed by atoms with Crippen LogP contribution in [0.4, 0.5) is 0 Å². The number of benzene rings is 2. The molecule has 25 heavy (non-hydrogen) atoms. The molecule has 0 saturated heterocycles. The summed E-state index contributed by atoms with van der Waals surface area (Å²) in [6.07, 6.45) is 1.46. The van der Waals surface area contributed by atoms with Gasteiger partial charge in [-0.3, -0.25) is 15.0 Å². The first-order valence-corrected chi connectivity index (χ1v) is 8.04. The van der Waals surface area contributed by atoms with Crippen LogP contribution in [0.15, 0.2) is 48.0 Å². The highest BCUT2D eigenvalue weighted by Crippen LogP contribution is 2.24. The van der Waals surface area contributed by atoms with Gasteiger partial charge in [0, 0.05) is 17.6 Å². The maximum absolute atomic E-state index is 12.4. The number of ketones is 1. The monoisotopic (exact) mass is 378 g/mol. The molecule has 0 spiro atoms. The van der Waals surface area contributed by atoms with Crippen molar-refractivity contribution >= 4 is 41.0 Å². The van der Waals surface area contributed by atoms with E-state index < -0.39 is 5.91 Å². The SMILES string of the molecule is COc1ccc(/C=C(/CC(=O)c2ccc(Cl)c(Cl)c2)C(=O)NN)cc1. The Kier molecular flexibility index (Phi) is 6.58. The number of nitrogens with two attached hydrogens (primary N) is 1. The van der Waals surface area contributed by atoms with E-state index in [4.69, 9.17) is 33.8 Å². The molecular weight excluding hydrogens is 363 g/mol. The minimum Gasteiger partial charge on any atom is -0.497 e. The molecule has 0 bridgehead atoms. The van der Waals surface area contributed by atoms with Gasteiger partial charge in [0.05, 0.1) is 17.2 Å². The molecule has 0 unspecified atom stereocenters. The highest BCUT2D eigenvalue weighted by atomic mass is 35.5. The Morgan fingerprint density at radius 2 is 1.80 bits per heavy atom. The fourth-order valence-corrected chi connectivity index (χ4v) is 2.43. The summed E-state index contributed by atoms with van der Waals surface area (Å²) in [5, 5.41) is 0.628. The van der Waals surface area contributed by atoms with Gasteiger partial charge in [-0.05, 0) is 42.0 Å². The molecule has 130 valence electrons. The maximum atomic E-state index is 12.4. The first-order valence-electron chi connectivity index (χ1n) is 7.28. The molecule has 3 N–H and O–H groups in total. The largest absolute Gasteiger partial charge is 0.497 e. The van der Waals surface area contributed by atoms with Gasteiger partial charge in [0.15, 0.2) is 5.78 Å². The second kappa shape index (κ2) is 8.67. The molecule has 1 amide bonds. The number of methoxy groups -OCH3 is 1. The minimum absolute atomic E-state index is 0.132. The molecule has 0 fully saturated rings. The number of rotatable bonds is 6. The van der Waals surface area contributed by atoms with Crippen molar-refractivity contribution in [2.75, 3.05) is 7.11 Å². The zero-order valence-corrected chi connectivity index (χ0v) is 14.9. The van der Waals surface area contributed by atoms with E-state index in [0.717, 1.165) is 5.56 Å². The Bertz CT molecular complexity index is 818. The number of hydrogen-bond acceptors (Lipinski definition) is 4. The smallest absolute Gasteiger partial charge is 0.261 e. The van der Waals surface area contributed by atoms with Crippen LogP contribution in [0.25, 0.3) is 6.08 Å². The number of hydrazine groups is 1. The lowest BCUT2D eigenvalue weighted by molar-refractivity contribution is -0.117. The van der Waals surface area contributed by atoms with Crippen molar-refractivity contribution in [3.63, 3.8) is 0 Å². The third kappa shape index (κ3) is 5.06. The van der Waals surface area contributed by atoms with E-state index >= 15 is 0 Å². The van der Waals surface area contributed by atoms with Crippen LogP contribution in [0, 0.1) is 0 Å². The summed E-state index contributed by atoms with van der Waals surface area (Å²) in [4.78, 5) is 24.4. The van der Waals surface area contributed by atoms with Gasteiger partial charge in [0.25, 0.3) is 5.91 Å². The first kappa shape index (κ1) is 19.0. The second-order valence-corrected chi connectivity index (χ2v) is 5.96. The van der Waals surface area contributed by atoms with Crippen LogP contribution in [0.1, 0.15) is 22.3 Å².